The summed E-state index contributed by atoms with van der Waals surface area (Å²) >= 11 is 0. The summed E-state index contributed by atoms with van der Waals surface area (Å²) in [4.78, 5) is 4.60. The molecule has 5 heteroatoms. The average molecular weight is 342 g/mol. The van der Waals surface area contributed by atoms with E-state index in [1.54, 1.807) is 0 Å². The first kappa shape index (κ1) is 16.7. The van der Waals surface area contributed by atoms with Gasteiger partial charge in [0.1, 0.15) is 0 Å². The van der Waals surface area contributed by atoms with Crippen molar-refractivity contribution in [3.8, 4) is 0 Å². The number of aryl methyl sites for hydroxylation is 1. The van der Waals surface area contributed by atoms with Gasteiger partial charge < -0.3 is 9.84 Å². The SMILES string of the molecule is Cc1ccccc1Cc1noc([C@H]2Cc3ccccc3CN2)n1.Cl. The lowest BCUT2D eigenvalue weighted by Crippen LogP contribution is -2.28. The third-order valence-corrected chi connectivity index (χ3v) is 4.47. The zero-order chi connectivity index (χ0) is 15.6. The van der Waals surface area contributed by atoms with Crippen LogP contribution in [-0.2, 0) is 19.4 Å². The minimum Gasteiger partial charge on any atom is -0.338 e. The number of rotatable bonds is 3. The van der Waals surface area contributed by atoms with Gasteiger partial charge in [0.2, 0.25) is 5.89 Å². The molecular weight excluding hydrogens is 322 g/mol. The summed E-state index contributed by atoms with van der Waals surface area (Å²) in [5.41, 5.74) is 5.20. The Kier molecular flexibility index (Phi) is 4.97. The summed E-state index contributed by atoms with van der Waals surface area (Å²) in [6, 6.07) is 16.9. The quantitative estimate of drug-likeness (QED) is 0.787. The van der Waals surface area contributed by atoms with Gasteiger partial charge in [-0.3, -0.25) is 0 Å². The second-order valence-electron chi connectivity index (χ2n) is 6.06. The van der Waals surface area contributed by atoms with E-state index in [4.69, 9.17) is 4.52 Å². The minimum atomic E-state index is 0. The van der Waals surface area contributed by atoms with Crippen molar-refractivity contribution in [3.63, 3.8) is 0 Å². The van der Waals surface area contributed by atoms with Gasteiger partial charge in [-0.25, -0.2) is 0 Å². The van der Waals surface area contributed by atoms with E-state index in [-0.39, 0.29) is 18.4 Å². The van der Waals surface area contributed by atoms with Gasteiger partial charge in [0.05, 0.1) is 6.04 Å². The van der Waals surface area contributed by atoms with E-state index in [1.807, 2.05) is 12.1 Å². The van der Waals surface area contributed by atoms with E-state index in [0.29, 0.717) is 12.3 Å². The van der Waals surface area contributed by atoms with Crippen LogP contribution in [-0.4, -0.2) is 10.1 Å². The number of fused-ring (bicyclic) bond motifs is 1. The second-order valence-corrected chi connectivity index (χ2v) is 6.06. The molecule has 1 aromatic heterocycles. The first-order valence-corrected chi connectivity index (χ1v) is 7.97. The topological polar surface area (TPSA) is 51.0 Å². The predicted molar refractivity (Wildman–Crippen MR) is 95.3 cm³/mol. The highest BCUT2D eigenvalue weighted by Crippen LogP contribution is 2.25. The molecule has 24 heavy (non-hydrogen) atoms. The summed E-state index contributed by atoms with van der Waals surface area (Å²) in [6.45, 7) is 2.95. The number of benzene rings is 2. The van der Waals surface area contributed by atoms with Gasteiger partial charge in [-0.05, 0) is 35.6 Å². The number of nitrogens with one attached hydrogen (secondary N) is 1. The fourth-order valence-electron chi connectivity index (χ4n) is 3.09. The van der Waals surface area contributed by atoms with E-state index < -0.39 is 0 Å². The van der Waals surface area contributed by atoms with Gasteiger partial charge >= 0.3 is 0 Å². The normalized spacial score (nSPS) is 16.3. The van der Waals surface area contributed by atoms with Crippen molar-refractivity contribution in [2.24, 2.45) is 0 Å². The third-order valence-electron chi connectivity index (χ3n) is 4.47. The van der Waals surface area contributed by atoms with Crippen molar-refractivity contribution in [1.82, 2.24) is 15.5 Å². The summed E-state index contributed by atoms with van der Waals surface area (Å²) in [7, 11) is 0. The summed E-state index contributed by atoms with van der Waals surface area (Å²) < 4.78 is 5.51. The highest BCUT2D eigenvalue weighted by Gasteiger charge is 2.24. The van der Waals surface area contributed by atoms with Crippen LogP contribution in [0.5, 0.6) is 0 Å². The smallest absolute Gasteiger partial charge is 0.244 e. The lowest BCUT2D eigenvalue weighted by molar-refractivity contribution is 0.319. The molecule has 1 atom stereocenters. The van der Waals surface area contributed by atoms with Crippen LogP contribution in [0.15, 0.2) is 53.1 Å². The first-order valence-electron chi connectivity index (χ1n) is 7.97. The average Bonchev–Trinajstić information content (AvgIpc) is 3.05. The summed E-state index contributed by atoms with van der Waals surface area (Å²) in [5, 5.41) is 7.64. The molecule has 1 aliphatic rings. The molecular formula is C19H20ClN3O. The molecule has 0 aliphatic carbocycles. The molecule has 0 radical (unpaired) electrons. The molecule has 3 aromatic rings. The Morgan fingerprint density at radius 3 is 2.67 bits per heavy atom. The van der Waals surface area contributed by atoms with Gasteiger partial charge in [-0.2, -0.15) is 4.98 Å². The van der Waals surface area contributed by atoms with Crippen molar-refractivity contribution >= 4 is 12.4 Å². The van der Waals surface area contributed by atoms with Crippen LogP contribution in [0.4, 0.5) is 0 Å². The molecule has 0 unspecified atom stereocenters. The highest BCUT2D eigenvalue weighted by atomic mass is 35.5. The summed E-state index contributed by atoms with van der Waals surface area (Å²) in [5.74, 6) is 1.43. The lowest BCUT2D eigenvalue weighted by atomic mass is 9.96. The van der Waals surface area contributed by atoms with Crippen molar-refractivity contribution in [2.45, 2.75) is 32.4 Å². The standard InChI is InChI=1S/C19H19N3O.ClH/c1-13-6-2-3-7-14(13)11-18-21-19(23-22-18)17-10-15-8-4-5-9-16(15)12-20-17;/h2-9,17,20H,10-12H2,1H3;1H/t17-;/m1./s1. The molecule has 0 bridgehead atoms. The van der Waals surface area contributed by atoms with Crippen LogP contribution in [0.3, 0.4) is 0 Å². The maximum absolute atomic E-state index is 5.51. The lowest BCUT2D eigenvalue weighted by Gasteiger charge is -2.23. The van der Waals surface area contributed by atoms with Gasteiger partial charge in [-0.1, -0.05) is 53.7 Å². The van der Waals surface area contributed by atoms with Crippen LogP contribution >= 0.6 is 12.4 Å². The molecule has 0 spiro atoms. The molecule has 4 rings (SSSR count). The van der Waals surface area contributed by atoms with Crippen LogP contribution in [0.2, 0.25) is 0 Å². The highest BCUT2D eigenvalue weighted by molar-refractivity contribution is 5.85. The fraction of sp³-hybridized carbons (Fsp3) is 0.263. The number of hydrogen-bond acceptors (Lipinski definition) is 4. The number of hydrogen-bond donors (Lipinski definition) is 1. The maximum Gasteiger partial charge on any atom is 0.244 e. The van der Waals surface area contributed by atoms with Crippen LogP contribution in [0.25, 0.3) is 0 Å². The number of halogens is 1. The Hall–Kier alpha value is -2.17. The van der Waals surface area contributed by atoms with Gasteiger partial charge in [0.15, 0.2) is 5.82 Å². The molecule has 124 valence electrons. The number of nitrogens with zero attached hydrogens (tertiary/aromatic N) is 2. The first-order chi connectivity index (χ1) is 11.3. The minimum absolute atomic E-state index is 0. The Morgan fingerprint density at radius 2 is 1.83 bits per heavy atom. The molecule has 0 amide bonds. The molecule has 1 aliphatic heterocycles. The Labute approximate surface area is 147 Å². The third kappa shape index (κ3) is 3.35. The number of aromatic nitrogens is 2. The van der Waals surface area contributed by atoms with Gasteiger partial charge in [0.25, 0.3) is 0 Å². The van der Waals surface area contributed by atoms with E-state index in [9.17, 15) is 0 Å². The molecule has 0 fully saturated rings. The zero-order valence-corrected chi connectivity index (χ0v) is 14.3. The molecule has 0 saturated carbocycles. The Balaban J connectivity index is 0.00000169. The Bertz CT molecular complexity index is 831. The van der Waals surface area contributed by atoms with Crippen molar-refractivity contribution < 1.29 is 4.52 Å². The molecule has 2 heterocycles. The van der Waals surface area contributed by atoms with Crippen molar-refractivity contribution in [1.29, 1.82) is 0 Å². The largest absolute Gasteiger partial charge is 0.338 e. The molecule has 4 nitrogen and oxygen atoms in total. The Morgan fingerprint density at radius 1 is 1.08 bits per heavy atom. The zero-order valence-electron chi connectivity index (χ0n) is 13.5. The van der Waals surface area contributed by atoms with Gasteiger partial charge in [0, 0.05) is 13.0 Å². The van der Waals surface area contributed by atoms with E-state index >= 15 is 0 Å². The van der Waals surface area contributed by atoms with Crippen molar-refractivity contribution in [3.05, 3.63) is 82.5 Å². The van der Waals surface area contributed by atoms with Crippen molar-refractivity contribution in [2.75, 3.05) is 0 Å². The predicted octanol–water partition coefficient (Wildman–Crippen LogP) is 3.78. The van der Waals surface area contributed by atoms with E-state index in [1.165, 1.54) is 22.3 Å². The molecule has 2 aromatic carbocycles. The van der Waals surface area contributed by atoms with Crippen LogP contribution in [0, 0.1) is 6.92 Å². The van der Waals surface area contributed by atoms with E-state index in [2.05, 4.69) is 58.8 Å². The van der Waals surface area contributed by atoms with Gasteiger partial charge in [-0.15, -0.1) is 12.4 Å². The fourth-order valence-corrected chi connectivity index (χ4v) is 3.09. The van der Waals surface area contributed by atoms with E-state index in [0.717, 1.165) is 18.8 Å². The van der Waals surface area contributed by atoms with Crippen LogP contribution < -0.4 is 5.32 Å². The molecule has 0 saturated heterocycles. The maximum atomic E-state index is 5.51. The monoisotopic (exact) mass is 341 g/mol. The second kappa shape index (κ2) is 7.16. The molecule has 1 N–H and O–H groups in total. The summed E-state index contributed by atoms with van der Waals surface area (Å²) in [6.07, 6.45) is 1.60. The van der Waals surface area contributed by atoms with Crippen LogP contribution in [0.1, 0.15) is 40.0 Å².